The molecule has 0 spiro atoms. The third kappa shape index (κ3) is 4.33. The molecule has 4 heteroatoms. The number of nitrogens with one attached hydrogen (secondary N) is 1. The van der Waals surface area contributed by atoms with E-state index in [0.29, 0.717) is 13.0 Å². The molecule has 0 aliphatic carbocycles. The summed E-state index contributed by atoms with van der Waals surface area (Å²) in [6, 6.07) is 10.6. The normalized spacial score (nSPS) is 19.5. The lowest BCUT2D eigenvalue weighted by atomic mass is 10.0. The molecule has 1 aliphatic rings. The maximum atomic E-state index is 12.3. The van der Waals surface area contributed by atoms with Crippen LogP contribution in [0.3, 0.4) is 0 Å². The molecule has 0 saturated carbocycles. The lowest BCUT2D eigenvalue weighted by molar-refractivity contribution is -0.130. The fourth-order valence-electron chi connectivity index (χ4n) is 2.87. The molecule has 2 atom stereocenters. The van der Waals surface area contributed by atoms with Gasteiger partial charge in [0.05, 0.1) is 5.92 Å². The lowest BCUT2D eigenvalue weighted by Gasteiger charge is -2.21. The molecule has 1 N–H and O–H groups in total. The van der Waals surface area contributed by atoms with Gasteiger partial charge < -0.3 is 10.2 Å². The van der Waals surface area contributed by atoms with Crippen molar-refractivity contribution in [2.75, 3.05) is 6.54 Å². The Morgan fingerprint density at radius 3 is 2.55 bits per heavy atom. The maximum absolute atomic E-state index is 12.3. The highest BCUT2D eigenvalue weighted by molar-refractivity contribution is 5.89. The summed E-state index contributed by atoms with van der Waals surface area (Å²) in [5, 5.41) is 3.05. The van der Waals surface area contributed by atoms with Crippen LogP contribution in [0.15, 0.2) is 30.3 Å². The van der Waals surface area contributed by atoms with E-state index in [9.17, 15) is 9.59 Å². The van der Waals surface area contributed by atoms with Crippen molar-refractivity contribution in [3.63, 3.8) is 0 Å². The molecule has 1 aromatic rings. The summed E-state index contributed by atoms with van der Waals surface area (Å²) in [6.07, 6.45) is 2.20. The molecule has 0 aromatic heterocycles. The number of hydrogen-bond donors (Lipinski definition) is 1. The molecule has 4 nitrogen and oxygen atoms in total. The molecule has 120 valence electrons. The molecule has 0 bridgehead atoms. The van der Waals surface area contributed by atoms with Gasteiger partial charge in [-0.1, -0.05) is 30.3 Å². The molecule has 1 heterocycles. The Hall–Kier alpha value is -1.84. The molecule has 0 unspecified atom stereocenters. The van der Waals surface area contributed by atoms with Gasteiger partial charge in [-0.15, -0.1) is 0 Å². The SMILES string of the molecule is CC(C)N1C[C@H](C(=O)N[C@@H](C)CCc2ccccc2)CC1=O. The second-order valence-corrected chi connectivity index (χ2v) is 6.47. The van der Waals surface area contributed by atoms with Crippen LogP contribution in [0.5, 0.6) is 0 Å². The molecule has 1 saturated heterocycles. The van der Waals surface area contributed by atoms with Gasteiger partial charge in [0.25, 0.3) is 0 Å². The van der Waals surface area contributed by atoms with E-state index in [-0.39, 0.29) is 29.8 Å². The van der Waals surface area contributed by atoms with Gasteiger partial charge in [-0.25, -0.2) is 0 Å². The highest BCUT2D eigenvalue weighted by atomic mass is 16.2. The number of hydrogen-bond acceptors (Lipinski definition) is 2. The van der Waals surface area contributed by atoms with Crippen LogP contribution >= 0.6 is 0 Å². The first-order chi connectivity index (χ1) is 10.5. The maximum Gasteiger partial charge on any atom is 0.225 e. The van der Waals surface area contributed by atoms with E-state index in [1.807, 2.05) is 39.0 Å². The third-order valence-corrected chi connectivity index (χ3v) is 4.25. The van der Waals surface area contributed by atoms with E-state index in [2.05, 4.69) is 17.4 Å². The molecule has 1 fully saturated rings. The molecule has 1 aliphatic heterocycles. The van der Waals surface area contributed by atoms with Crippen molar-refractivity contribution in [1.29, 1.82) is 0 Å². The molecule has 0 radical (unpaired) electrons. The highest BCUT2D eigenvalue weighted by Gasteiger charge is 2.35. The van der Waals surface area contributed by atoms with E-state index in [1.165, 1.54) is 5.56 Å². The van der Waals surface area contributed by atoms with Crippen LogP contribution in [0, 0.1) is 5.92 Å². The lowest BCUT2D eigenvalue weighted by Crippen LogP contribution is -2.39. The van der Waals surface area contributed by atoms with Gasteiger partial charge in [0.2, 0.25) is 11.8 Å². The van der Waals surface area contributed by atoms with Crippen molar-refractivity contribution in [2.24, 2.45) is 5.92 Å². The van der Waals surface area contributed by atoms with Crippen molar-refractivity contribution in [1.82, 2.24) is 10.2 Å². The largest absolute Gasteiger partial charge is 0.353 e. The van der Waals surface area contributed by atoms with Crippen LogP contribution in [0.2, 0.25) is 0 Å². The average Bonchev–Trinajstić information content (AvgIpc) is 2.88. The number of carbonyl (C=O) groups excluding carboxylic acids is 2. The number of carbonyl (C=O) groups is 2. The minimum absolute atomic E-state index is 0.0112. The fraction of sp³-hybridized carbons (Fsp3) is 0.556. The predicted octanol–water partition coefficient (Wildman–Crippen LogP) is 2.38. The Balaban J connectivity index is 1.78. The minimum Gasteiger partial charge on any atom is -0.353 e. The topological polar surface area (TPSA) is 49.4 Å². The second-order valence-electron chi connectivity index (χ2n) is 6.47. The third-order valence-electron chi connectivity index (χ3n) is 4.25. The summed E-state index contributed by atoms with van der Waals surface area (Å²) < 4.78 is 0. The standard InChI is InChI=1S/C18H26N2O2/c1-13(2)20-12-16(11-17(20)21)18(22)19-14(3)9-10-15-7-5-4-6-8-15/h4-8,13-14,16H,9-12H2,1-3H3,(H,19,22)/t14-,16+/m0/s1. The van der Waals surface area contributed by atoms with Crippen LogP contribution in [0.4, 0.5) is 0 Å². The first-order valence-corrected chi connectivity index (χ1v) is 8.11. The van der Waals surface area contributed by atoms with E-state index < -0.39 is 0 Å². The number of nitrogens with zero attached hydrogens (tertiary/aromatic N) is 1. The second kappa shape index (κ2) is 7.43. The zero-order chi connectivity index (χ0) is 16.1. The average molecular weight is 302 g/mol. The van der Waals surface area contributed by atoms with Gasteiger partial charge in [0, 0.05) is 25.0 Å². The quantitative estimate of drug-likeness (QED) is 0.877. The van der Waals surface area contributed by atoms with E-state index in [0.717, 1.165) is 12.8 Å². The van der Waals surface area contributed by atoms with Gasteiger partial charge >= 0.3 is 0 Å². The van der Waals surface area contributed by atoms with Gasteiger partial charge in [0.15, 0.2) is 0 Å². The summed E-state index contributed by atoms with van der Waals surface area (Å²) in [6.45, 7) is 6.55. The number of likely N-dealkylation sites (tertiary alicyclic amines) is 1. The van der Waals surface area contributed by atoms with Crippen LogP contribution in [0.1, 0.15) is 39.2 Å². The summed E-state index contributed by atoms with van der Waals surface area (Å²) in [7, 11) is 0. The fourth-order valence-corrected chi connectivity index (χ4v) is 2.87. The number of rotatable bonds is 6. The van der Waals surface area contributed by atoms with Crippen molar-refractivity contribution < 1.29 is 9.59 Å². The smallest absolute Gasteiger partial charge is 0.225 e. The zero-order valence-electron chi connectivity index (χ0n) is 13.7. The van der Waals surface area contributed by atoms with E-state index >= 15 is 0 Å². The summed E-state index contributed by atoms with van der Waals surface area (Å²) in [5.74, 6) is -0.0989. The number of amides is 2. The van der Waals surface area contributed by atoms with Crippen LogP contribution in [0.25, 0.3) is 0 Å². The van der Waals surface area contributed by atoms with Gasteiger partial charge in [-0.2, -0.15) is 0 Å². The molecule has 1 aromatic carbocycles. The Labute approximate surface area is 132 Å². The van der Waals surface area contributed by atoms with Crippen LogP contribution in [-0.2, 0) is 16.0 Å². The number of aryl methyl sites for hydroxylation is 1. The Kier molecular flexibility index (Phi) is 5.58. The van der Waals surface area contributed by atoms with Gasteiger partial charge in [-0.3, -0.25) is 9.59 Å². The monoisotopic (exact) mass is 302 g/mol. The molecular weight excluding hydrogens is 276 g/mol. The van der Waals surface area contributed by atoms with E-state index in [1.54, 1.807) is 4.90 Å². The van der Waals surface area contributed by atoms with Crippen molar-refractivity contribution >= 4 is 11.8 Å². The first kappa shape index (κ1) is 16.5. The van der Waals surface area contributed by atoms with Crippen molar-refractivity contribution in [3.05, 3.63) is 35.9 Å². The Morgan fingerprint density at radius 1 is 1.27 bits per heavy atom. The van der Waals surface area contributed by atoms with Crippen molar-refractivity contribution in [2.45, 2.75) is 52.1 Å². The molecule has 22 heavy (non-hydrogen) atoms. The molecule has 2 amide bonds. The summed E-state index contributed by atoms with van der Waals surface area (Å²) in [4.78, 5) is 26.0. The summed E-state index contributed by atoms with van der Waals surface area (Å²) in [5.41, 5.74) is 1.28. The van der Waals surface area contributed by atoms with E-state index in [4.69, 9.17) is 0 Å². The Morgan fingerprint density at radius 2 is 1.95 bits per heavy atom. The minimum atomic E-state index is -0.200. The highest BCUT2D eigenvalue weighted by Crippen LogP contribution is 2.20. The molecule has 2 rings (SSSR count). The van der Waals surface area contributed by atoms with Crippen molar-refractivity contribution in [3.8, 4) is 0 Å². The number of benzene rings is 1. The van der Waals surface area contributed by atoms with Gasteiger partial charge in [-0.05, 0) is 39.2 Å². The zero-order valence-corrected chi connectivity index (χ0v) is 13.7. The van der Waals surface area contributed by atoms with Crippen LogP contribution < -0.4 is 5.32 Å². The molecular formula is C18H26N2O2. The predicted molar refractivity (Wildman–Crippen MR) is 87.3 cm³/mol. The first-order valence-electron chi connectivity index (χ1n) is 8.11. The Bertz CT molecular complexity index is 513. The van der Waals surface area contributed by atoms with Crippen LogP contribution in [-0.4, -0.2) is 35.3 Å². The summed E-state index contributed by atoms with van der Waals surface area (Å²) >= 11 is 0. The van der Waals surface area contributed by atoms with Gasteiger partial charge in [0.1, 0.15) is 0 Å².